The molecule has 17 heavy (non-hydrogen) atoms. The topological polar surface area (TPSA) is 60.2 Å². The summed E-state index contributed by atoms with van der Waals surface area (Å²) in [6.45, 7) is 5.34. The molecule has 1 aliphatic rings. The van der Waals surface area contributed by atoms with Crippen molar-refractivity contribution in [3.8, 4) is 0 Å². The second-order valence-electron chi connectivity index (χ2n) is 4.70. The molecule has 1 N–H and O–H groups in total. The van der Waals surface area contributed by atoms with Crippen LogP contribution in [-0.4, -0.2) is 23.8 Å². The Morgan fingerprint density at radius 2 is 2.41 bits per heavy atom. The van der Waals surface area contributed by atoms with Crippen molar-refractivity contribution in [1.29, 1.82) is 0 Å². The second kappa shape index (κ2) is 5.60. The Balaban J connectivity index is 2.09. The minimum absolute atomic E-state index is 0.0470. The summed E-state index contributed by atoms with van der Waals surface area (Å²) in [7, 11) is 1.69. The smallest absolute Gasteiger partial charge is 0.244 e. The van der Waals surface area contributed by atoms with Crippen LogP contribution in [0.5, 0.6) is 0 Å². The Hall–Kier alpha value is -0.940. The predicted molar refractivity (Wildman–Crippen MR) is 63.5 cm³/mol. The van der Waals surface area contributed by atoms with Gasteiger partial charge in [0.1, 0.15) is 6.10 Å². The van der Waals surface area contributed by atoms with Crippen LogP contribution >= 0.6 is 0 Å². The Bertz CT molecular complexity index is 353. The molecule has 96 valence electrons. The third kappa shape index (κ3) is 2.66. The van der Waals surface area contributed by atoms with Gasteiger partial charge in [0.15, 0.2) is 0 Å². The van der Waals surface area contributed by atoms with Crippen LogP contribution in [0, 0.1) is 5.92 Å². The van der Waals surface area contributed by atoms with E-state index in [-0.39, 0.29) is 12.1 Å². The van der Waals surface area contributed by atoms with Gasteiger partial charge in [-0.2, -0.15) is 4.98 Å². The van der Waals surface area contributed by atoms with E-state index in [2.05, 4.69) is 29.3 Å². The molecule has 0 radical (unpaired) electrons. The largest absolute Gasteiger partial charge is 0.373 e. The zero-order chi connectivity index (χ0) is 12.3. The Kier molecular flexibility index (Phi) is 4.12. The van der Waals surface area contributed by atoms with Gasteiger partial charge in [0, 0.05) is 7.11 Å². The van der Waals surface area contributed by atoms with Gasteiger partial charge in [0.05, 0.1) is 6.04 Å². The highest BCUT2D eigenvalue weighted by atomic mass is 16.5. The highest BCUT2D eigenvalue weighted by Gasteiger charge is 2.30. The van der Waals surface area contributed by atoms with Crippen LogP contribution in [0.15, 0.2) is 4.52 Å². The van der Waals surface area contributed by atoms with Crippen molar-refractivity contribution in [2.24, 2.45) is 5.92 Å². The lowest BCUT2D eigenvalue weighted by Crippen LogP contribution is -2.17. The van der Waals surface area contributed by atoms with Crippen molar-refractivity contribution < 1.29 is 9.26 Å². The average Bonchev–Trinajstić information content (AvgIpc) is 2.94. The van der Waals surface area contributed by atoms with E-state index in [1.54, 1.807) is 7.11 Å². The third-order valence-electron chi connectivity index (χ3n) is 3.38. The molecule has 0 aliphatic carbocycles. The first-order valence-electron chi connectivity index (χ1n) is 6.36. The van der Waals surface area contributed by atoms with Crippen LogP contribution in [0.3, 0.4) is 0 Å². The van der Waals surface area contributed by atoms with Crippen LogP contribution in [0.2, 0.25) is 0 Å². The fraction of sp³-hybridized carbons (Fsp3) is 0.833. The normalized spacial score (nSPS) is 26.3. The molecule has 1 saturated heterocycles. The summed E-state index contributed by atoms with van der Waals surface area (Å²) in [5.74, 6) is 1.92. The van der Waals surface area contributed by atoms with E-state index in [0.717, 1.165) is 25.8 Å². The summed E-state index contributed by atoms with van der Waals surface area (Å²) in [5, 5.41) is 7.42. The second-order valence-corrected chi connectivity index (χ2v) is 4.70. The summed E-state index contributed by atoms with van der Waals surface area (Å²) in [6.07, 6.45) is 3.07. The van der Waals surface area contributed by atoms with E-state index < -0.39 is 0 Å². The summed E-state index contributed by atoms with van der Waals surface area (Å²) in [4.78, 5) is 4.47. The molecule has 2 rings (SSSR count). The number of rotatable bonds is 5. The first-order chi connectivity index (χ1) is 8.26. The molecule has 1 aromatic heterocycles. The van der Waals surface area contributed by atoms with Gasteiger partial charge in [-0.25, -0.2) is 0 Å². The lowest BCUT2D eigenvalue weighted by Gasteiger charge is -2.10. The molecule has 1 aliphatic heterocycles. The Morgan fingerprint density at radius 1 is 1.59 bits per heavy atom. The summed E-state index contributed by atoms with van der Waals surface area (Å²) in [5.41, 5.74) is 0. The number of hydrogen-bond acceptors (Lipinski definition) is 5. The van der Waals surface area contributed by atoms with Gasteiger partial charge in [0.2, 0.25) is 11.7 Å². The van der Waals surface area contributed by atoms with Crippen molar-refractivity contribution in [2.75, 3.05) is 13.7 Å². The van der Waals surface area contributed by atoms with Gasteiger partial charge >= 0.3 is 0 Å². The predicted octanol–water partition coefficient (Wildman–Crippen LogP) is 2.23. The van der Waals surface area contributed by atoms with Gasteiger partial charge in [-0.1, -0.05) is 25.4 Å². The molecular weight excluding hydrogens is 218 g/mol. The van der Waals surface area contributed by atoms with Crippen LogP contribution < -0.4 is 5.32 Å². The van der Waals surface area contributed by atoms with Crippen LogP contribution in [-0.2, 0) is 4.74 Å². The third-order valence-corrected chi connectivity index (χ3v) is 3.38. The van der Waals surface area contributed by atoms with Crippen molar-refractivity contribution in [1.82, 2.24) is 15.5 Å². The first-order valence-corrected chi connectivity index (χ1v) is 6.36. The van der Waals surface area contributed by atoms with Gasteiger partial charge in [-0.05, 0) is 25.3 Å². The minimum atomic E-state index is -0.0470. The molecule has 2 heterocycles. The lowest BCUT2D eigenvalue weighted by molar-refractivity contribution is 0.0854. The van der Waals surface area contributed by atoms with E-state index >= 15 is 0 Å². The molecule has 0 spiro atoms. The zero-order valence-electron chi connectivity index (χ0n) is 10.8. The molecule has 0 amide bonds. The SMILES string of the molecule is CCCC(OC)c1noc(C2NCCC2C)n1. The summed E-state index contributed by atoms with van der Waals surface area (Å²) < 4.78 is 10.7. The minimum Gasteiger partial charge on any atom is -0.373 e. The molecule has 3 unspecified atom stereocenters. The number of nitrogens with one attached hydrogen (secondary N) is 1. The van der Waals surface area contributed by atoms with Crippen LogP contribution in [0.25, 0.3) is 0 Å². The number of nitrogens with zero attached hydrogens (tertiary/aromatic N) is 2. The molecule has 5 nitrogen and oxygen atoms in total. The average molecular weight is 239 g/mol. The van der Waals surface area contributed by atoms with Crippen LogP contribution in [0.1, 0.15) is 57.0 Å². The van der Waals surface area contributed by atoms with E-state index in [1.165, 1.54) is 0 Å². The summed E-state index contributed by atoms with van der Waals surface area (Å²) >= 11 is 0. The lowest BCUT2D eigenvalue weighted by atomic mass is 10.0. The van der Waals surface area contributed by atoms with Crippen molar-refractivity contribution in [3.05, 3.63) is 11.7 Å². The number of aromatic nitrogens is 2. The molecular formula is C12H21N3O2. The van der Waals surface area contributed by atoms with Crippen molar-refractivity contribution in [2.45, 2.75) is 45.3 Å². The van der Waals surface area contributed by atoms with Crippen molar-refractivity contribution >= 4 is 0 Å². The highest BCUT2D eigenvalue weighted by Crippen LogP contribution is 2.29. The fourth-order valence-corrected chi connectivity index (χ4v) is 2.28. The quantitative estimate of drug-likeness (QED) is 0.853. The Morgan fingerprint density at radius 3 is 3.00 bits per heavy atom. The molecule has 0 aromatic carbocycles. The van der Waals surface area contributed by atoms with Gasteiger partial charge < -0.3 is 14.6 Å². The van der Waals surface area contributed by atoms with E-state index in [4.69, 9.17) is 9.26 Å². The van der Waals surface area contributed by atoms with Gasteiger partial charge in [0.25, 0.3) is 0 Å². The van der Waals surface area contributed by atoms with Crippen LogP contribution in [0.4, 0.5) is 0 Å². The maximum Gasteiger partial charge on any atom is 0.244 e. The van der Waals surface area contributed by atoms with Gasteiger partial charge in [-0.3, -0.25) is 0 Å². The van der Waals surface area contributed by atoms with Gasteiger partial charge in [-0.15, -0.1) is 0 Å². The first kappa shape index (κ1) is 12.5. The summed E-state index contributed by atoms with van der Waals surface area (Å²) in [6, 6.07) is 0.204. The van der Waals surface area contributed by atoms with Crippen molar-refractivity contribution in [3.63, 3.8) is 0 Å². The molecule has 0 saturated carbocycles. The maximum absolute atomic E-state index is 5.37. The number of ether oxygens (including phenoxy) is 1. The molecule has 5 heteroatoms. The van der Waals surface area contributed by atoms with E-state index in [9.17, 15) is 0 Å². The highest BCUT2D eigenvalue weighted by molar-refractivity contribution is 4.99. The molecule has 0 bridgehead atoms. The number of methoxy groups -OCH3 is 1. The molecule has 3 atom stereocenters. The molecule has 1 fully saturated rings. The zero-order valence-corrected chi connectivity index (χ0v) is 10.8. The maximum atomic E-state index is 5.37. The molecule has 1 aromatic rings. The van der Waals surface area contributed by atoms with E-state index in [0.29, 0.717) is 17.6 Å². The standard InChI is InChI=1S/C12H21N3O2/c1-4-5-9(16-3)11-14-12(17-15-11)10-8(2)6-7-13-10/h8-10,13H,4-7H2,1-3H3. The number of hydrogen-bond donors (Lipinski definition) is 1. The monoisotopic (exact) mass is 239 g/mol. The van der Waals surface area contributed by atoms with E-state index in [1.807, 2.05) is 0 Å². The Labute approximate surface area is 102 Å². The fourth-order valence-electron chi connectivity index (χ4n) is 2.28.